The van der Waals surface area contributed by atoms with Crippen molar-refractivity contribution in [1.82, 2.24) is 19.8 Å². The van der Waals surface area contributed by atoms with Crippen LogP contribution in [0.4, 0.5) is 4.79 Å². The van der Waals surface area contributed by atoms with Crippen molar-refractivity contribution >= 4 is 6.03 Å². The van der Waals surface area contributed by atoms with E-state index in [2.05, 4.69) is 47.8 Å². The van der Waals surface area contributed by atoms with Gasteiger partial charge in [-0.1, -0.05) is 17.7 Å². The van der Waals surface area contributed by atoms with Crippen LogP contribution in [0.1, 0.15) is 61.7 Å². The lowest BCUT2D eigenvalue weighted by Crippen LogP contribution is -2.49. The number of benzene rings is 1. The topological polar surface area (TPSA) is 50.2 Å². The summed E-state index contributed by atoms with van der Waals surface area (Å²) in [4.78, 5) is 19.3. The molecule has 1 saturated carbocycles. The first-order valence-electron chi connectivity index (χ1n) is 9.79. The molecule has 146 valence electrons. The van der Waals surface area contributed by atoms with E-state index in [4.69, 9.17) is 0 Å². The maximum atomic E-state index is 12.8. The first-order chi connectivity index (χ1) is 12.6. The summed E-state index contributed by atoms with van der Waals surface area (Å²) in [5.41, 5.74) is 4.99. The van der Waals surface area contributed by atoms with E-state index < -0.39 is 0 Å². The van der Waals surface area contributed by atoms with E-state index in [0.717, 1.165) is 25.2 Å². The highest BCUT2D eigenvalue weighted by atomic mass is 16.2. The van der Waals surface area contributed by atoms with Gasteiger partial charge in [-0.3, -0.25) is 0 Å². The van der Waals surface area contributed by atoms with Crippen LogP contribution in [-0.4, -0.2) is 32.1 Å². The predicted octanol–water partition coefficient (Wildman–Crippen LogP) is 4.33. The van der Waals surface area contributed by atoms with E-state index in [1.807, 2.05) is 38.1 Å². The first-order valence-corrected chi connectivity index (χ1v) is 9.79. The molecule has 0 spiro atoms. The molecule has 2 aromatic rings. The van der Waals surface area contributed by atoms with E-state index in [-0.39, 0.29) is 11.6 Å². The zero-order valence-electron chi connectivity index (χ0n) is 17.5. The maximum absolute atomic E-state index is 12.8. The predicted molar refractivity (Wildman–Crippen MR) is 109 cm³/mol. The van der Waals surface area contributed by atoms with Gasteiger partial charge in [-0.05, 0) is 71.1 Å². The molecule has 1 aliphatic carbocycles. The molecule has 27 heavy (non-hydrogen) atoms. The smallest absolute Gasteiger partial charge is 0.318 e. The molecule has 0 unspecified atom stereocenters. The minimum Gasteiger partial charge on any atom is -0.333 e. The fraction of sp³-hybridized carbons (Fsp3) is 0.545. The van der Waals surface area contributed by atoms with Gasteiger partial charge in [0.15, 0.2) is 0 Å². The van der Waals surface area contributed by atoms with E-state index in [9.17, 15) is 4.79 Å². The molecule has 1 fully saturated rings. The SMILES string of the molecule is Cc1cc(C)c(Cn2ccnc2CN(C(=O)NC(C)(C)C)C2CC2)c(C)c1. The van der Waals surface area contributed by atoms with Crippen LogP contribution in [0.5, 0.6) is 0 Å². The summed E-state index contributed by atoms with van der Waals surface area (Å²) in [5.74, 6) is 0.935. The molecule has 1 aromatic carbocycles. The summed E-state index contributed by atoms with van der Waals surface area (Å²) in [6, 6.07) is 4.79. The van der Waals surface area contributed by atoms with Gasteiger partial charge in [-0.25, -0.2) is 9.78 Å². The molecule has 1 N–H and O–H groups in total. The van der Waals surface area contributed by atoms with Crippen molar-refractivity contribution in [3.63, 3.8) is 0 Å². The molecule has 1 aliphatic rings. The first kappa shape index (κ1) is 19.5. The monoisotopic (exact) mass is 368 g/mol. The summed E-state index contributed by atoms with van der Waals surface area (Å²) in [5, 5.41) is 3.10. The molecular formula is C22H32N4O. The Morgan fingerprint density at radius 3 is 2.41 bits per heavy atom. The number of rotatable bonds is 5. The average Bonchev–Trinajstić information content (AvgIpc) is 3.27. The summed E-state index contributed by atoms with van der Waals surface area (Å²) in [6.07, 6.45) is 6.00. The van der Waals surface area contributed by atoms with Crippen molar-refractivity contribution in [2.45, 2.75) is 79.1 Å². The van der Waals surface area contributed by atoms with Crippen LogP contribution in [0.3, 0.4) is 0 Å². The Kier molecular flexibility index (Phi) is 5.31. The minimum absolute atomic E-state index is 0.00208. The van der Waals surface area contributed by atoms with Crippen LogP contribution in [0, 0.1) is 20.8 Å². The fourth-order valence-corrected chi connectivity index (χ4v) is 3.56. The normalized spacial score (nSPS) is 14.3. The lowest BCUT2D eigenvalue weighted by Gasteiger charge is -2.28. The minimum atomic E-state index is -0.240. The van der Waals surface area contributed by atoms with Crippen LogP contribution in [0.25, 0.3) is 0 Å². The highest BCUT2D eigenvalue weighted by Gasteiger charge is 2.34. The fourth-order valence-electron chi connectivity index (χ4n) is 3.56. The van der Waals surface area contributed by atoms with Crippen molar-refractivity contribution in [2.75, 3.05) is 0 Å². The van der Waals surface area contributed by atoms with Gasteiger partial charge in [0, 0.05) is 30.5 Å². The third-order valence-electron chi connectivity index (χ3n) is 5.01. The molecule has 0 bridgehead atoms. The Morgan fingerprint density at radius 2 is 1.85 bits per heavy atom. The third kappa shape index (κ3) is 4.90. The average molecular weight is 369 g/mol. The number of amides is 2. The van der Waals surface area contributed by atoms with Crippen LogP contribution in [0.2, 0.25) is 0 Å². The zero-order chi connectivity index (χ0) is 19.8. The Hall–Kier alpha value is -2.30. The number of nitrogens with one attached hydrogen (secondary N) is 1. The Balaban J connectivity index is 1.79. The van der Waals surface area contributed by atoms with Crippen molar-refractivity contribution in [2.24, 2.45) is 0 Å². The van der Waals surface area contributed by atoms with Crippen molar-refractivity contribution in [3.05, 3.63) is 52.6 Å². The summed E-state index contributed by atoms with van der Waals surface area (Å²) < 4.78 is 2.17. The van der Waals surface area contributed by atoms with Gasteiger partial charge in [-0.2, -0.15) is 0 Å². The van der Waals surface area contributed by atoms with Gasteiger partial charge in [0.25, 0.3) is 0 Å². The number of urea groups is 1. The number of carbonyl (C=O) groups excluding carboxylic acids is 1. The number of hydrogen-bond donors (Lipinski definition) is 1. The number of aromatic nitrogens is 2. The highest BCUT2D eigenvalue weighted by Crippen LogP contribution is 2.29. The molecule has 0 aliphatic heterocycles. The van der Waals surface area contributed by atoms with Crippen LogP contribution >= 0.6 is 0 Å². The lowest BCUT2D eigenvalue weighted by atomic mass is 10.00. The number of hydrogen-bond acceptors (Lipinski definition) is 2. The molecule has 1 heterocycles. The second-order valence-corrected chi connectivity index (χ2v) is 8.89. The molecule has 3 rings (SSSR count). The zero-order valence-corrected chi connectivity index (χ0v) is 17.5. The lowest BCUT2D eigenvalue weighted by molar-refractivity contribution is 0.180. The number of aryl methyl sites for hydroxylation is 3. The van der Waals surface area contributed by atoms with Crippen LogP contribution in [0.15, 0.2) is 24.5 Å². The standard InChI is InChI=1S/C22H32N4O/c1-15-11-16(2)19(17(3)12-15)13-25-10-9-23-20(25)14-26(18-7-8-18)21(27)24-22(4,5)6/h9-12,18H,7-8,13-14H2,1-6H3,(H,24,27). The number of imidazole rings is 1. The van der Waals surface area contributed by atoms with E-state index in [1.165, 1.54) is 22.3 Å². The molecule has 0 saturated heterocycles. The molecule has 1 aromatic heterocycles. The van der Waals surface area contributed by atoms with Gasteiger partial charge >= 0.3 is 6.03 Å². The van der Waals surface area contributed by atoms with Gasteiger partial charge < -0.3 is 14.8 Å². The van der Waals surface area contributed by atoms with Gasteiger partial charge in [0.2, 0.25) is 0 Å². The molecule has 0 radical (unpaired) electrons. The third-order valence-corrected chi connectivity index (χ3v) is 5.01. The number of nitrogens with zero attached hydrogens (tertiary/aromatic N) is 3. The van der Waals surface area contributed by atoms with E-state index in [0.29, 0.717) is 12.6 Å². The van der Waals surface area contributed by atoms with Crippen LogP contribution < -0.4 is 5.32 Å². The largest absolute Gasteiger partial charge is 0.333 e. The second kappa shape index (κ2) is 7.37. The van der Waals surface area contributed by atoms with Crippen molar-refractivity contribution in [3.8, 4) is 0 Å². The van der Waals surface area contributed by atoms with Crippen molar-refractivity contribution < 1.29 is 4.79 Å². The highest BCUT2D eigenvalue weighted by molar-refractivity contribution is 5.75. The van der Waals surface area contributed by atoms with E-state index in [1.54, 1.807) is 0 Å². The quantitative estimate of drug-likeness (QED) is 0.854. The molecule has 2 amide bonds. The molecule has 0 atom stereocenters. The van der Waals surface area contributed by atoms with Crippen molar-refractivity contribution in [1.29, 1.82) is 0 Å². The maximum Gasteiger partial charge on any atom is 0.318 e. The summed E-state index contributed by atoms with van der Waals surface area (Å²) in [7, 11) is 0. The van der Waals surface area contributed by atoms with Gasteiger partial charge in [0.05, 0.1) is 6.54 Å². The Bertz CT molecular complexity index is 804. The molecule has 5 nitrogen and oxygen atoms in total. The Morgan fingerprint density at radius 1 is 1.22 bits per heavy atom. The van der Waals surface area contributed by atoms with E-state index >= 15 is 0 Å². The summed E-state index contributed by atoms with van der Waals surface area (Å²) >= 11 is 0. The second-order valence-electron chi connectivity index (χ2n) is 8.89. The molecular weight excluding hydrogens is 336 g/mol. The molecule has 5 heteroatoms. The van der Waals surface area contributed by atoms with Gasteiger partial charge in [-0.15, -0.1) is 0 Å². The Labute approximate surface area is 162 Å². The van der Waals surface area contributed by atoms with Gasteiger partial charge in [0.1, 0.15) is 5.82 Å². The summed E-state index contributed by atoms with van der Waals surface area (Å²) in [6.45, 7) is 13.8. The number of carbonyl (C=O) groups is 1. The van der Waals surface area contributed by atoms with Crippen LogP contribution in [-0.2, 0) is 13.1 Å².